The van der Waals surface area contributed by atoms with Crippen LogP contribution in [0.25, 0.3) is 22.1 Å². The minimum atomic E-state index is -0.727. The monoisotopic (exact) mass is 555 g/mol. The van der Waals surface area contributed by atoms with Crippen molar-refractivity contribution in [2.45, 2.75) is 20.8 Å². The zero-order valence-electron chi connectivity index (χ0n) is 23.4. The highest BCUT2D eigenvalue weighted by Crippen LogP contribution is 2.39. The maximum absolute atomic E-state index is 12.6. The maximum Gasteiger partial charge on any atom is 0.351 e. The number of benzene rings is 2. The molecule has 0 spiro atoms. The second kappa shape index (κ2) is 14.7. The van der Waals surface area contributed by atoms with E-state index in [-0.39, 0.29) is 12.2 Å². The zero-order valence-corrected chi connectivity index (χ0v) is 23.4. The molecular formula is C30H37NO9. The van der Waals surface area contributed by atoms with Crippen LogP contribution in [0.1, 0.15) is 31.1 Å². The van der Waals surface area contributed by atoms with Crippen molar-refractivity contribution in [3.8, 4) is 22.6 Å². The highest BCUT2D eigenvalue weighted by Gasteiger charge is 2.19. The Morgan fingerprint density at radius 2 is 1.43 bits per heavy atom. The van der Waals surface area contributed by atoms with E-state index in [1.54, 1.807) is 6.92 Å². The van der Waals surface area contributed by atoms with Gasteiger partial charge in [0.2, 0.25) is 0 Å². The molecule has 3 aromatic rings. The minimum Gasteiger partial charge on any atom is -0.487 e. The Balaban J connectivity index is 1.76. The van der Waals surface area contributed by atoms with Crippen molar-refractivity contribution in [3.05, 3.63) is 52.4 Å². The van der Waals surface area contributed by atoms with Gasteiger partial charge in [-0.05, 0) is 50.6 Å². The normalized spacial score (nSPS) is 15.2. The fourth-order valence-electron chi connectivity index (χ4n) is 4.44. The van der Waals surface area contributed by atoms with Crippen LogP contribution in [0.2, 0.25) is 0 Å². The van der Waals surface area contributed by atoms with E-state index in [4.69, 9.17) is 32.8 Å². The van der Waals surface area contributed by atoms with Crippen molar-refractivity contribution in [2.24, 2.45) is 0 Å². The summed E-state index contributed by atoms with van der Waals surface area (Å²) in [5, 5.41) is 0.606. The summed E-state index contributed by atoms with van der Waals surface area (Å²) in [5.74, 6) is 0.460. The molecule has 40 heavy (non-hydrogen) atoms. The van der Waals surface area contributed by atoms with Crippen LogP contribution >= 0.6 is 0 Å². The third kappa shape index (κ3) is 7.32. The first-order valence-electron chi connectivity index (χ1n) is 13.7. The third-order valence-electron chi connectivity index (χ3n) is 6.42. The van der Waals surface area contributed by atoms with E-state index in [9.17, 15) is 9.59 Å². The van der Waals surface area contributed by atoms with Gasteiger partial charge >= 0.3 is 11.6 Å². The van der Waals surface area contributed by atoms with Gasteiger partial charge in [0.25, 0.3) is 0 Å². The van der Waals surface area contributed by atoms with Gasteiger partial charge in [0.1, 0.15) is 24.4 Å². The minimum absolute atomic E-state index is 0.139. The molecule has 216 valence electrons. The van der Waals surface area contributed by atoms with Crippen LogP contribution in [-0.4, -0.2) is 78.5 Å². The summed E-state index contributed by atoms with van der Waals surface area (Å²) >= 11 is 0. The molecular weight excluding hydrogens is 518 g/mol. The molecule has 4 rings (SSSR count). The second-order valence-electron chi connectivity index (χ2n) is 8.94. The van der Waals surface area contributed by atoms with Crippen molar-refractivity contribution in [3.63, 3.8) is 0 Å². The average molecular weight is 556 g/mol. The molecule has 1 aliphatic rings. The molecule has 0 unspecified atom stereocenters. The SMILES string of the molecule is CCOC(=O)c1cc2cc(-c3ccc4c(c3)OCCOCCOCCOCCO4)c(N(CC)CC)cc2oc1=O. The highest BCUT2D eigenvalue weighted by atomic mass is 16.6. The lowest BCUT2D eigenvalue weighted by Crippen LogP contribution is -2.22. The fourth-order valence-corrected chi connectivity index (χ4v) is 4.44. The first-order valence-corrected chi connectivity index (χ1v) is 13.7. The Labute approximate surface area is 233 Å². The van der Waals surface area contributed by atoms with Crippen LogP contribution in [-0.2, 0) is 18.9 Å². The Bertz CT molecular complexity index is 1330. The molecule has 0 fully saturated rings. The second-order valence-corrected chi connectivity index (χ2v) is 8.94. The quantitative estimate of drug-likeness (QED) is 0.323. The maximum atomic E-state index is 12.6. The van der Waals surface area contributed by atoms with Gasteiger partial charge in [-0.1, -0.05) is 6.07 Å². The third-order valence-corrected chi connectivity index (χ3v) is 6.42. The van der Waals surface area contributed by atoms with Crippen LogP contribution in [0, 0.1) is 0 Å². The van der Waals surface area contributed by atoms with Gasteiger partial charge in [0.15, 0.2) is 11.5 Å². The van der Waals surface area contributed by atoms with Gasteiger partial charge in [0.05, 0.1) is 46.2 Å². The Morgan fingerprint density at radius 3 is 2.05 bits per heavy atom. The molecule has 0 saturated carbocycles. The molecule has 0 N–H and O–H groups in total. The van der Waals surface area contributed by atoms with E-state index >= 15 is 0 Å². The molecule has 0 radical (unpaired) electrons. The number of rotatable bonds is 6. The molecule has 1 aromatic heterocycles. The van der Waals surface area contributed by atoms with Crippen molar-refractivity contribution in [1.82, 2.24) is 0 Å². The molecule has 1 aliphatic heterocycles. The van der Waals surface area contributed by atoms with Gasteiger partial charge in [-0.2, -0.15) is 0 Å². The van der Waals surface area contributed by atoms with Crippen molar-refractivity contribution < 1.29 is 37.6 Å². The molecule has 10 heteroatoms. The van der Waals surface area contributed by atoms with E-state index in [2.05, 4.69) is 18.7 Å². The number of carbonyl (C=O) groups is 1. The number of hydrogen-bond acceptors (Lipinski definition) is 10. The topological polar surface area (TPSA) is 106 Å². The number of fused-ring (bicyclic) bond motifs is 2. The van der Waals surface area contributed by atoms with Crippen LogP contribution in [0.4, 0.5) is 5.69 Å². The summed E-state index contributed by atoms with van der Waals surface area (Å²) in [6.45, 7) is 10.9. The fraction of sp³-hybridized carbons (Fsp3) is 0.467. The molecule has 2 heterocycles. The van der Waals surface area contributed by atoms with Gasteiger partial charge in [0, 0.05) is 35.8 Å². The Kier molecular flexibility index (Phi) is 10.8. The van der Waals surface area contributed by atoms with E-state index in [0.717, 1.165) is 29.9 Å². The molecule has 0 atom stereocenters. The number of ether oxygens (including phenoxy) is 6. The lowest BCUT2D eigenvalue weighted by Gasteiger charge is -2.25. The Morgan fingerprint density at radius 1 is 0.800 bits per heavy atom. The van der Waals surface area contributed by atoms with E-state index < -0.39 is 11.6 Å². The van der Waals surface area contributed by atoms with Gasteiger partial charge in [-0.25, -0.2) is 9.59 Å². The first kappa shape index (κ1) is 29.4. The number of carbonyl (C=O) groups excluding carboxylic acids is 1. The summed E-state index contributed by atoms with van der Waals surface area (Å²) in [6, 6.07) is 11.0. The molecule has 10 nitrogen and oxygen atoms in total. The summed E-state index contributed by atoms with van der Waals surface area (Å²) in [5.41, 5.74) is 2.17. The van der Waals surface area contributed by atoms with Gasteiger partial charge in [-0.3, -0.25) is 0 Å². The predicted octanol–water partition coefficient (Wildman–Crippen LogP) is 4.30. The predicted molar refractivity (Wildman–Crippen MR) is 151 cm³/mol. The average Bonchev–Trinajstić information content (AvgIpc) is 2.96. The molecule has 0 bridgehead atoms. The van der Waals surface area contributed by atoms with Crippen LogP contribution in [0.3, 0.4) is 0 Å². The summed E-state index contributed by atoms with van der Waals surface area (Å²) < 4.78 is 39.3. The molecule has 0 aliphatic carbocycles. The lowest BCUT2D eigenvalue weighted by atomic mass is 9.99. The van der Waals surface area contributed by atoms with Crippen LogP contribution < -0.4 is 20.0 Å². The largest absolute Gasteiger partial charge is 0.487 e. The summed E-state index contributed by atoms with van der Waals surface area (Å²) in [6.07, 6.45) is 0. The number of anilines is 1. The van der Waals surface area contributed by atoms with E-state index in [1.807, 2.05) is 30.3 Å². The van der Waals surface area contributed by atoms with Gasteiger partial charge < -0.3 is 37.7 Å². The lowest BCUT2D eigenvalue weighted by molar-refractivity contribution is 0.00708. The molecule has 0 saturated heterocycles. The molecule has 2 aromatic carbocycles. The standard InChI is InChI=1S/C30H37NO9/c1-4-31(5-2)25-20-27-22(18-24(30(33)40-27)29(32)37-6-3)17-23(25)21-7-8-26-28(19-21)39-16-14-36-12-10-34-9-11-35-13-15-38-26/h7-8,17-20H,4-6,9-16H2,1-3H3. The van der Waals surface area contributed by atoms with Crippen molar-refractivity contribution in [2.75, 3.05) is 77.5 Å². The van der Waals surface area contributed by atoms with Crippen molar-refractivity contribution >= 4 is 22.6 Å². The Hall–Kier alpha value is -3.60. The van der Waals surface area contributed by atoms with Gasteiger partial charge in [-0.15, -0.1) is 0 Å². The van der Waals surface area contributed by atoms with E-state index in [1.165, 1.54) is 6.07 Å². The highest BCUT2D eigenvalue weighted by molar-refractivity contribution is 5.97. The van der Waals surface area contributed by atoms with E-state index in [0.29, 0.717) is 75.3 Å². The van der Waals surface area contributed by atoms with Crippen LogP contribution in [0.5, 0.6) is 11.5 Å². The summed E-state index contributed by atoms with van der Waals surface area (Å²) in [4.78, 5) is 27.1. The zero-order chi connectivity index (χ0) is 28.3. The van der Waals surface area contributed by atoms with Crippen molar-refractivity contribution in [1.29, 1.82) is 0 Å². The number of nitrogens with zero attached hydrogens (tertiary/aromatic N) is 1. The number of esters is 1. The number of hydrogen-bond donors (Lipinski definition) is 0. The smallest absolute Gasteiger partial charge is 0.351 e. The first-order chi connectivity index (χ1) is 19.5. The summed E-state index contributed by atoms with van der Waals surface area (Å²) in [7, 11) is 0. The van der Waals surface area contributed by atoms with Crippen LogP contribution in [0.15, 0.2) is 45.6 Å². The molecule has 0 amide bonds.